The number of hydrogen-bond donors (Lipinski definition) is 2. The predicted octanol–water partition coefficient (Wildman–Crippen LogP) is 0.345. The van der Waals surface area contributed by atoms with Gasteiger partial charge in [0.2, 0.25) is 5.91 Å². The van der Waals surface area contributed by atoms with Gasteiger partial charge in [-0.15, -0.1) is 0 Å². The molecule has 0 saturated carbocycles. The first-order valence-corrected chi connectivity index (χ1v) is 5.75. The normalized spacial score (nSPS) is 20.9. The number of hydrogen-bond acceptors (Lipinski definition) is 3. The van der Waals surface area contributed by atoms with E-state index in [1.807, 2.05) is 13.8 Å². The van der Waals surface area contributed by atoms with Crippen LogP contribution >= 0.6 is 0 Å². The van der Waals surface area contributed by atoms with Crippen LogP contribution in [0.15, 0.2) is 0 Å². The van der Waals surface area contributed by atoms with Gasteiger partial charge in [0.15, 0.2) is 0 Å². The molecule has 0 aliphatic carbocycles. The Morgan fingerprint density at radius 1 is 1.53 bits per heavy atom. The second kappa shape index (κ2) is 4.94. The fourth-order valence-electron chi connectivity index (χ4n) is 1.83. The van der Waals surface area contributed by atoms with Crippen molar-refractivity contribution in [2.75, 3.05) is 19.6 Å². The minimum atomic E-state index is -0.625. The quantitative estimate of drug-likeness (QED) is 0.693. The van der Waals surface area contributed by atoms with E-state index >= 15 is 0 Å². The first kappa shape index (κ1) is 12.5. The molecule has 0 aromatic heterocycles. The number of rotatable bonds is 5. The Balaban J connectivity index is 2.32. The van der Waals surface area contributed by atoms with Crippen LogP contribution in [0.2, 0.25) is 0 Å². The number of nitrogens with two attached hydrogens (primary N) is 1. The van der Waals surface area contributed by atoms with Crippen molar-refractivity contribution in [2.45, 2.75) is 38.7 Å². The third-order valence-corrected chi connectivity index (χ3v) is 3.36. The molecule has 0 bridgehead atoms. The van der Waals surface area contributed by atoms with Gasteiger partial charge in [-0.1, -0.05) is 20.3 Å². The molecule has 0 spiro atoms. The number of aliphatic hydroxyl groups is 1. The molecular formula is C11H22N2O2. The largest absolute Gasteiger partial charge is 0.386 e. The predicted molar refractivity (Wildman–Crippen MR) is 59.3 cm³/mol. The first-order valence-electron chi connectivity index (χ1n) is 5.75. The van der Waals surface area contributed by atoms with Crippen molar-refractivity contribution in [3.8, 4) is 0 Å². The van der Waals surface area contributed by atoms with E-state index in [9.17, 15) is 9.90 Å². The van der Waals surface area contributed by atoms with E-state index in [2.05, 4.69) is 0 Å². The molecule has 0 radical (unpaired) electrons. The van der Waals surface area contributed by atoms with Crippen LogP contribution in [0.1, 0.15) is 33.1 Å². The SMILES string of the molecule is CCC(CN)CC(=O)N1CC(O)(CC)C1. The molecule has 1 unspecified atom stereocenters. The zero-order chi connectivity index (χ0) is 11.5. The van der Waals surface area contributed by atoms with E-state index in [0.717, 1.165) is 6.42 Å². The topological polar surface area (TPSA) is 66.6 Å². The lowest BCUT2D eigenvalue weighted by atomic mass is 9.90. The number of nitrogens with zero attached hydrogens (tertiary/aromatic N) is 1. The Labute approximate surface area is 91.4 Å². The summed E-state index contributed by atoms with van der Waals surface area (Å²) in [5.41, 5.74) is 4.93. The summed E-state index contributed by atoms with van der Waals surface area (Å²) >= 11 is 0. The van der Waals surface area contributed by atoms with Gasteiger partial charge < -0.3 is 15.7 Å². The molecule has 1 amide bonds. The van der Waals surface area contributed by atoms with Crippen LogP contribution in [0, 0.1) is 5.92 Å². The molecule has 0 aromatic rings. The highest BCUT2D eigenvalue weighted by Gasteiger charge is 2.41. The lowest BCUT2D eigenvalue weighted by molar-refractivity contribution is -0.156. The summed E-state index contributed by atoms with van der Waals surface area (Å²) < 4.78 is 0. The molecule has 1 atom stereocenters. The van der Waals surface area contributed by atoms with Crippen LogP contribution in [0.4, 0.5) is 0 Å². The van der Waals surface area contributed by atoms with Gasteiger partial charge in [-0.3, -0.25) is 4.79 Å². The molecular weight excluding hydrogens is 192 g/mol. The van der Waals surface area contributed by atoms with E-state index in [4.69, 9.17) is 5.73 Å². The van der Waals surface area contributed by atoms with Gasteiger partial charge in [-0.25, -0.2) is 0 Å². The van der Waals surface area contributed by atoms with Crippen LogP contribution in [0.5, 0.6) is 0 Å². The lowest BCUT2D eigenvalue weighted by Gasteiger charge is -2.46. The molecule has 3 N–H and O–H groups in total. The summed E-state index contributed by atoms with van der Waals surface area (Å²) in [4.78, 5) is 13.4. The standard InChI is InChI=1S/C11H22N2O2/c1-3-9(6-12)5-10(14)13-7-11(15,4-2)8-13/h9,15H,3-8,12H2,1-2H3. The third-order valence-electron chi connectivity index (χ3n) is 3.36. The second-order valence-electron chi connectivity index (χ2n) is 4.54. The van der Waals surface area contributed by atoms with Crippen molar-refractivity contribution in [2.24, 2.45) is 11.7 Å². The average Bonchev–Trinajstić information content (AvgIpc) is 2.20. The molecule has 1 aliphatic heterocycles. The Kier molecular flexibility index (Phi) is 4.11. The lowest BCUT2D eigenvalue weighted by Crippen LogP contribution is -2.63. The van der Waals surface area contributed by atoms with E-state index < -0.39 is 5.60 Å². The highest BCUT2D eigenvalue weighted by molar-refractivity contribution is 5.77. The summed E-state index contributed by atoms with van der Waals surface area (Å²) in [6.45, 7) is 5.53. The second-order valence-corrected chi connectivity index (χ2v) is 4.54. The van der Waals surface area contributed by atoms with Crippen LogP contribution in [-0.4, -0.2) is 41.1 Å². The summed E-state index contributed by atoms with van der Waals surface area (Å²) in [5.74, 6) is 0.415. The Morgan fingerprint density at radius 2 is 2.13 bits per heavy atom. The number of amides is 1. The van der Waals surface area contributed by atoms with E-state index in [0.29, 0.717) is 32.5 Å². The van der Waals surface area contributed by atoms with Gasteiger partial charge in [0.25, 0.3) is 0 Å². The molecule has 0 aromatic carbocycles. The smallest absolute Gasteiger partial charge is 0.223 e. The van der Waals surface area contributed by atoms with E-state index in [-0.39, 0.29) is 11.8 Å². The Bertz CT molecular complexity index is 221. The van der Waals surface area contributed by atoms with Crippen molar-refractivity contribution in [1.29, 1.82) is 0 Å². The molecule has 1 heterocycles. The molecule has 1 saturated heterocycles. The zero-order valence-corrected chi connectivity index (χ0v) is 9.70. The monoisotopic (exact) mass is 214 g/mol. The van der Waals surface area contributed by atoms with Gasteiger partial charge in [-0.2, -0.15) is 0 Å². The fraction of sp³-hybridized carbons (Fsp3) is 0.909. The Morgan fingerprint density at radius 3 is 2.53 bits per heavy atom. The van der Waals surface area contributed by atoms with Gasteiger partial charge >= 0.3 is 0 Å². The number of β-amino-alcohol motifs (C(OH)–C–C–N with tert-alkyl or cyclic N) is 1. The molecule has 1 aliphatic rings. The maximum Gasteiger partial charge on any atom is 0.223 e. The maximum absolute atomic E-state index is 11.7. The molecule has 15 heavy (non-hydrogen) atoms. The first-order chi connectivity index (χ1) is 7.04. The highest BCUT2D eigenvalue weighted by Crippen LogP contribution is 2.25. The number of likely N-dealkylation sites (tertiary alicyclic amines) is 1. The van der Waals surface area contributed by atoms with Crippen molar-refractivity contribution in [3.63, 3.8) is 0 Å². The highest BCUT2D eigenvalue weighted by atomic mass is 16.3. The fourth-order valence-corrected chi connectivity index (χ4v) is 1.83. The van der Waals surface area contributed by atoms with E-state index in [1.54, 1.807) is 4.90 Å². The Hall–Kier alpha value is -0.610. The minimum absolute atomic E-state index is 0.130. The third kappa shape index (κ3) is 2.92. The zero-order valence-electron chi connectivity index (χ0n) is 9.70. The van der Waals surface area contributed by atoms with Crippen molar-refractivity contribution >= 4 is 5.91 Å². The molecule has 88 valence electrons. The average molecular weight is 214 g/mol. The molecule has 4 heteroatoms. The molecule has 4 nitrogen and oxygen atoms in total. The van der Waals surface area contributed by atoms with Crippen molar-refractivity contribution in [1.82, 2.24) is 4.90 Å². The van der Waals surface area contributed by atoms with Crippen molar-refractivity contribution in [3.05, 3.63) is 0 Å². The van der Waals surface area contributed by atoms with Crippen LogP contribution in [0.25, 0.3) is 0 Å². The van der Waals surface area contributed by atoms with Gasteiger partial charge in [0.05, 0.1) is 18.7 Å². The number of carbonyl (C=O) groups is 1. The summed E-state index contributed by atoms with van der Waals surface area (Å²) in [6, 6.07) is 0. The van der Waals surface area contributed by atoms with Gasteiger partial charge in [0.1, 0.15) is 0 Å². The number of carbonyl (C=O) groups excluding carboxylic acids is 1. The van der Waals surface area contributed by atoms with E-state index in [1.165, 1.54) is 0 Å². The van der Waals surface area contributed by atoms with Crippen LogP contribution < -0.4 is 5.73 Å². The van der Waals surface area contributed by atoms with Crippen LogP contribution in [0.3, 0.4) is 0 Å². The summed E-state index contributed by atoms with van der Waals surface area (Å²) in [6.07, 6.45) is 2.17. The van der Waals surface area contributed by atoms with Gasteiger partial charge in [-0.05, 0) is 18.9 Å². The summed E-state index contributed by atoms with van der Waals surface area (Å²) in [7, 11) is 0. The summed E-state index contributed by atoms with van der Waals surface area (Å²) in [5, 5.41) is 9.77. The van der Waals surface area contributed by atoms with Gasteiger partial charge in [0, 0.05) is 6.42 Å². The minimum Gasteiger partial charge on any atom is -0.386 e. The molecule has 1 rings (SSSR count). The van der Waals surface area contributed by atoms with Crippen molar-refractivity contribution < 1.29 is 9.90 Å². The maximum atomic E-state index is 11.7. The van der Waals surface area contributed by atoms with Crippen LogP contribution in [-0.2, 0) is 4.79 Å². The molecule has 1 fully saturated rings.